The van der Waals surface area contributed by atoms with Gasteiger partial charge in [0.25, 0.3) is 0 Å². The lowest BCUT2D eigenvalue weighted by Crippen LogP contribution is -2.48. The van der Waals surface area contributed by atoms with Gasteiger partial charge in [0.05, 0.1) is 12.7 Å². The molecule has 100 valence electrons. The summed E-state index contributed by atoms with van der Waals surface area (Å²) in [4.78, 5) is 2.38. The Morgan fingerprint density at radius 3 is 2.71 bits per heavy atom. The van der Waals surface area contributed by atoms with Crippen LogP contribution >= 0.6 is 0 Å². The summed E-state index contributed by atoms with van der Waals surface area (Å²) in [5.74, 6) is 0.597. The van der Waals surface area contributed by atoms with Crippen molar-refractivity contribution in [3.05, 3.63) is 0 Å². The molecule has 2 rings (SSSR count). The fraction of sp³-hybridized carbons (Fsp3) is 1.00. The third-order valence-corrected chi connectivity index (χ3v) is 4.06. The highest BCUT2D eigenvalue weighted by molar-refractivity contribution is 4.82. The fourth-order valence-electron chi connectivity index (χ4n) is 3.05. The zero-order chi connectivity index (χ0) is 12.1. The predicted octanol–water partition coefficient (Wildman–Crippen LogP) is 0.851. The van der Waals surface area contributed by atoms with Gasteiger partial charge in [-0.15, -0.1) is 0 Å². The largest absolute Gasteiger partial charge is 0.381 e. The minimum Gasteiger partial charge on any atom is -0.381 e. The maximum Gasteiger partial charge on any atom is 0.0702 e. The number of nitrogens with two attached hydrogens (primary N) is 1. The van der Waals surface area contributed by atoms with Gasteiger partial charge in [-0.2, -0.15) is 0 Å². The lowest BCUT2D eigenvalue weighted by molar-refractivity contribution is 0.00266. The topological polar surface area (TPSA) is 47.7 Å². The molecule has 2 heterocycles. The molecule has 0 spiro atoms. The van der Waals surface area contributed by atoms with Crippen LogP contribution in [0.5, 0.6) is 0 Å². The van der Waals surface area contributed by atoms with Crippen LogP contribution in [0.2, 0.25) is 0 Å². The number of nitrogens with zero attached hydrogens (tertiary/aromatic N) is 1. The molecule has 2 fully saturated rings. The average molecular weight is 242 g/mol. The molecule has 2 aliphatic heterocycles. The van der Waals surface area contributed by atoms with Gasteiger partial charge in [0.15, 0.2) is 0 Å². The molecule has 0 radical (unpaired) electrons. The van der Waals surface area contributed by atoms with Crippen LogP contribution < -0.4 is 5.73 Å². The van der Waals surface area contributed by atoms with Gasteiger partial charge in [-0.25, -0.2) is 0 Å². The quantitative estimate of drug-likeness (QED) is 0.776. The molecule has 0 saturated carbocycles. The highest BCUT2D eigenvalue weighted by atomic mass is 16.5. The zero-order valence-electron chi connectivity index (χ0n) is 10.9. The van der Waals surface area contributed by atoms with Gasteiger partial charge in [-0.1, -0.05) is 0 Å². The van der Waals surface area contributed by atoms with Crippen LogP contribution in [-0.4, -0.2) is 57.0 Å². The Morgan fingerprint density at radius 2 is 2.12 bits per heavy atom. The monoisotopic (exact) mass is 242 g/mol. The minimum absolute atomic E-state index is 0.415. The Balaban J connectivity index is 1.82. The van der Waals surface area contributed by atoms with E-state index in [1.54, 1.807) is 0 Å². The maximum absolute atomic E-state index is 5.94. The van der Waals surface area contributed by atoms with Crippen molar-refractivity contribution in [1.82, 2.24) is 4.90 Å². The van der Waals surface area contributed by atoms with Crippen LogP contribution in [0.15, 0.2) is 0 Å². The van der Waals surface area contributed by atoms with Crippen LogP contribution in [0.25, 0.3) is 0 Å². The molecule has 3 unspecified atom stereocenters. The molecule has 2 aliphatic rings. The van der Waals surface area contributed by atoms with Crippen LogP contribution in [0, 0.1) is 5.92 Å². The van der Waals surface area contributed by atoms with E-state index in [0.29, 0.717) is 18.1 Å². The van der Waals surface area contributed by atoms with Crippen LogP contribution in [-0.2, 0) is 9.47 Å². The molecule has 4 heteroatoms. The highest BCUT2D eigenvalue weighted by Gasteiger charge is 2.28. The molecule has 0 aromatic carbocycles. The second-order valence-corrected chi connectivity index (χ2v) is 5.35. The Kier molecular flexibility index (Phi) is 5.22. The first-order valence-corrected chi connectivity index (χ1v) is 6.91. The second kappa shape index (κ2) is 6.69. The summed E-state index contributed by atoms with van der Waals surface area (Å²) in [6.45, 7) is 4.45. The highest BCUT2D eigenvalue weighted by Crippen LogP contribution is 2.22. The zero-order valence-corrected chi connectivity index (χ0v) is 10.9. The summed E-state index contributed by atoms with van der Waals surface area (Å²) in [7, 11) is 2.17. The van der Waals surface area contributed by atoms with Crippen LogP contribution in [0.4, 0.5) is 0 Å². The molecule has 0 aromatic heterocycles. The normalized spacial score (nSPS) is 31.9. The SMILES string of the molecule is CN(CC1CCCO1)C(CN)C1CCCOC1. The van der Waals surface area contributed by atoms with E-state index in [1.165, 1.54) is 25.7 Å². The van der Waals surface area contributed by atoms with Crippen molar-refractivity contribution in [1.29, 1.82) is 0 Å². The standard InChI is InChI=1S/C13H26N2O2/c1-15(9-12-5-3-7-17-12)13(8-14)11-4-2-6-16-10-11/h11-13H,2-10,14H2,1H3. The van der Waals surface area contributed by atoms with Crippen molar-refractivity contribution in [3.63, 3.8) is 0 Å². The number of hydrogen-bond donors (Lipinski definition) is 1. The first kappa shape index (κ1) is 13.3. The van der Waals surface area contributed by atoms with E-state index < -0.39 is 0 Å². The predicted molar refractivity (Wildman–Crippen MR) is 68.0 cm³/mol. The molecule has 0 amide bonds. The van der Waals surface area contributed by atoms with Gasteiger partial charge in [-0.05, 0) is 38.6 Å². The van der Waals surface area contributed by atoms with Crippen molar-refractivity contribution in [2.75, 3.05) is 40.0 Å². The van der Waals surface area contributed by atoms with Crippen LogP contribution in [0.1, 0.15) is 25.7 Å². The van der Waals surface area contributed by atoms with Crippen molar-refractivity contribution < 1.29 is 9.47 Å². The van der Waals surface area contributed by atoms with Gasteiger partial charge in [0, 0.05) is 32.3 Å². The summed E-state index contributed by atoms with van der Waals surface area (Å²) in [6.07, 6.45) is 5.24. The molecule has 2 N–H and O–H groups in total. The molecule has 3 atom stereocenters. The first-order valence-electron chi connectivity index (χ1n) is 6.91. The lowest BCUT2D eigenvalue weighted by atomic mass is 9.92. The van der Waals surface area contributed by atoms with Crippen molar-refractivity contribution in [3.8, 4) is 0 Å². The summed E-state index contributed by atoms with van der Waals surface area (Å²) < 4.78 is 11.3. The maximum atomic E-state index is 5.94. The van der Waals surface area contributed by atoms with Gasteiger partial charge in [0.1, 0.15) is 0 Å². The van der Waals surface area contributed by atoms with Gasteiger partial charge in [0.2, 0.25) is 0 Å². The minimum atomic E-state index is 0.415. The number of ether oxygens (including phenoxy) is 2. The first-order chi connectivity index (χ1) is 8.31. The molecule has 4 nitrogen and oxygen atoms in total. The van der Waals surface area contributed by atoms with E-state index in [1.807, 2.05) is 0 Å². The average Bonchev–Trinajstić information content (AvgIpc) is 2.84. The van der Waals surface area contributed by atoms with E-state index >= 15 is 0 Å². The van der Waals surface area contributed by atoms with Crippen molar-refractivity contribution in [2.45, 2.75) is 37.8 Å². The summed E-state index contributed by atoms with van der Waals surface area (Å²) >= 11 is 0. The van der Waals surface area contributed by atoms with E-state index in [9.17, 15) is 0 Å². The van der Waals surface area contributed by atoms with Gasteiger partial charge >= 0.3 is 0 Å². The van der Waals surface area contributed by atoms with E-state index in [2.05, 4.69) is 11.9 Å². The molecule has 2 saturated heterocycles. The number of hydrogen-bond acceptors (Lipinski definition) is 4. The van der Waals surface area contributed by atoms with Crippen LogP contribution in [0.3, 0.4) is 0 Å². The van der Waals surface area contributed by atoms with Gasteiger partial charge in [-0.3, -0.25) is 4.90 Å². The molecule has 0 aromatic rings. The summed E-state index contributed by atoms with van der Waals surface area (Å²) in [5.41, 5.74) is 5.94. The molecular weight excluding hydrogens is 216 g/mol. The lowest BCUT2D eigenvalue weighted by Gasteiger charge is -2.36. The summed E-state index contributed by atoms with van der Waals surface area (Å²) in [5, 5.41) is 0. The Bertz CT molecular complexity index is 213. The van der Waals surface area contributed by atoms with E-state index in [4.69, 9.17) is 15.2 Å². The Morgan fingerprint density at radius 1 is 1.29 bits per heavy atom. The van der Waals surface area contributed by atoms with E-state index in [-0.39, 0.29) is 0 Å². The third-order valence-electron chi connectivity index (χ3n) is 4.06. The molecule has 0 bridgehead atoms. The van der Waals surface area contributed by atoms with Crippen molar-refractivity contribution >= 4 is 0 Å². The summed E-state index contributed by atoms with van der Waals surface area (Å²) in [6, 6.07) is 0.444. The Labute approximate surface area is 104 Å². The molecule has 17 heavy (non-hydrogen) atoms. The molecule has 0 aliphatic carbocycles. The number of rotatable bonds is 5. The van der Waals surface area contributed by atoms with Gasteiger partial charge < -0.3 is 15.2 Å². The van der Waals surface area contributed by atoms with Crippen molar-refractivity contribution in [2.24, 2.45) is 11.7 Å². The second-order valence-electron chi connectivity index (χ2n) is 5.35. The Hall–Kier alpha value is -0.160. The smallest absolute Gasteiger partial charge is 0.0702 e. The third kappa shape index (κ3) is 3.65. The molecular formula is C13H26N2O2. The number of likely N-dealkylation sites (N-methyl/N-ethyl adjacent to an activating group) is 1. The fourth-order valence-corrected chi connectivity index (χ4v) is 3.05. The van der Waals surface area contributed by atoms with E-state index in [0.717, 1.165) is 32.9 Å².